The van der Waals surface area contributed by atoms with Crippen LogP contribution in [-0.2, 0) is 16.6 Å². The summed E-state index contributed by atoms with van der Waals surface area (Å²) >= 11 is 0. The summed E-state index contributed by atoms with van der Waals surface area (Å²) in [6, 6.07) is 8.49. The van der Waals surface area contributed by atoms with Gasteiger partial charge < -0.3 is 5.32 Å². The van der Waals surface area contributed by atoms with Crippen molar-refractivity contribution in [2.24, 2.45) is 0 Å². The molecule has 1 aromatic carbocycles. The molecule has 0 bridgehead atoms. The number of nitrogens with zero attached hydrogens (tertiary/aromatic N) is 3. The van der Waals surface area contributed by atoms with E-state index in [-0.39, 0.29) is 6.04 Å². The van der Waals surface area contributed by atoms with Crippen molar-refractivity contribution in [3.8, 4) is 0 Å². The smallest absolute Gasteiger partial charge is 0.243 e. The van der Waals surface area contributed by atoms with E-state index in [2.05, 4.69) is 15.3 Å². The normalized spacial score (nSPS) is 11.9. The zero-order chi connectivity index (χ0) is 16.2. The fourth-order valence-corrected chi connectivity index (χ4v) is 3.16. The van der Waals surface area contributed by atoms with Gasteiger partial charge in [-0.2, -0.15) is 4.31 Å². The Kier molecular flexibility index (Phi) is 5.10. The molecular weight excluding hydrogens is 300 g/mol. The first kappa shape index (κ1) is 16.4. The lowest BCUT2D eigenvalue weighted by Crippen LogP contribution is -2.33. The molecule has 0 atom stereocenters. The van der Waals surface area contributed by atoms with Gasteiger partial charge in [-0.1, -0.05) is 12.1 Å². The summed E-state index contributed by atoms with van der Waals surface area (Å²) in [4.78, 5) is 8.43. The lowest BCUT2D eigenvalue weighted by Gasteiger charge is -2.21. The number of anilines is 1. The van der Waals surface area contributed by atoms with Crippen LogP contribution in [0.2, 0.25) is 0 Å². The van der Waals surface area contributed by atoms with E-state index < -0.39 is 10.0 Å². The minimum absolute atomic E-state index is 0.0819. The van der Waals surface area contributed by atoms with Crippen molar-refractivity contribution in [1.82, 2.24) is 14.3 Å². The molecule has 22 heavy (non-hydrogen) atoms. The highest BCUT2D eigenvalue weighted by Crippen LogP contribution is 2.17. The van der Waals surface area contributed by atoms with Crippen LogP contribution < -0.4 is 5.32 Å². The highest BCUT2D eigenvalue weighted by Gasteiger charge is 2.22. The van der Waals surface area contributed by atoms with Crippen molar-refractivity contribution < 1.29 is 8.42 Å². The molecule has 0 spiro atoms. The fraction of sp³-hybridized carbons (Fsp3) is 0.333. The van der Waals surface area contributed by atoms with Crippen molar-refractivity contribution in [3.63, 3.8) is 0 Å². The van der Waals surface area contributed by atoms with E-state index in [1.807, 2.05) is 13.8 Å². The Morgan fingerprint density at radius 2 is 1.73 bits per heavy atom. The summed E-state index contributed by atoms with van der Waals surface area (Å²) < 4.78 is 26.1. The summed E-state index contributed by atoms with van der Waals surface area (Å²) in [7, 11) is -1.85. The Bertz CT molecular complexity index is 700. The maximum absolute atomic E-state index is 12.4. The second kappa shape index (κ2) is 6.85. The third kappa shape index (κ3) is 3.80. The van der Waals surface area contributed by atoms with E-state index in [9.17, 15) is 8.42 Å². The number of hydrogen-bond acceptors (Lipinski definition) is 5. The Hall–Kier alpha value is -1.99. The summed E-state index contributed by atoms with van der Waals surface area (Å²) in [6.45, 7) is 4.22. The van der Waals surface area contributed by atoms with Gasteiger partial charge in [0.25, 0.3) is 0 Å². The van der Waals surface area contributed by atoms with Gasteiger partial charge in [-0.15, -0.1) is 0 Å². The zero-order valence-corrected chi connectivity index (χ0v) is 13.7. The Labute approximate surface area is 131 Å². The topological polar surface area (TPSA) is 75.2 Å². The molecule has 0 saturated carbocycles. The van der Waals surface area contributed by atoms with E-state index in [1.54, 1.807) is 49.8 Å². The number of benzene rings is 1. The molecule has 0 unspecified atom stereocenters. The van der Waals surface area contributed by atoms with E-state index >= 15 is 0 Å². The molecule has 7 heteroatoms. The lowest BCUT2D eigenvalue weighted by molar-refractivity contribution is 0.410. The fourth-order valence-electron chi connectivity index (χ4n) is 1.79. The molecule has 1 N–H and O–H groups in total. The van der Waals surface area contributed by atoms with Gasteiger partial charge in [0.1, 0.15) is 0 Å². The summed E-state index contributed by atoms with van der Waals surface area (Å²) in [5.41, 5.74) is 0.957. The highest BCUT2D eigenvalue weighted by atomic mass is 32.2. The van der Waals surface area contributed by atoms with Crippen LogP contribution in [0.15, 0.2) is 47.6 Å². The molecule has 0 amide bonds. The first-order chi connectivity index (χ1) is 10.4. The third-order valence-corrected chi connectivity index (χ3v) is 5.39. The number of nitrogens with one attached hydrogen (secondary N) is 1. The average molecular weight is 320 g/mol. The van der Waals surface area contributed by atoms with Crippen molar-refractivity contribution in [3.05, 3.63) is 48.3 Å². The molecule has 1 heterocycles. The monoisotopic (exact) mass is 320 g/mol. The van der Waals surface area contributed by atoms with Gasteiger partial charge >= 0.3 is 0 Å². The van der Waals surface area contributed by atoms with Gasteiger partial charge in [0, 0.05) is 32.0 Å². The summed E-state index contributed by atoms with van der Waals surface area (Å²) in [5.74, 6) is 0.540. The number of sulfonamides is 1. The SMILES string of the molecule is CC(C)N(C)S(=O)(=O)c1ccc(CNc2ncccn2)cc1. The zero-order valence-electron chi connectivity index (χ0n) is 12.9. The second-order valence-corrected chi connectivity index (χ2v) is 7.18. The predicted octanol–water partition coefficient (Wildman–Crippen LogP) is 2.12. The standard InChI is InChI=1S/C15H20N4O2S/c1-12(2)19(3)22(20,21)14-7-5-13(6-8-14)11-18-15-16-9-4-10-17-15/h4-10,12H,11H2,1-3H3,(H,16,17,18). The van der Waals surface area contributed by atoms with E-state index in [0.29, 0.717) is 17.4 Å². The van der Waals surface area contributed by atoms with E-state index in [4.69, 9.17) is 0 Å². The van der Waals surface area contributed by atoms with Crippen LogP contribution in [0.1, 0.15) is 19.4 Å². The van der Waals surface area contributed by atoms with Gasteiger partial charge in [-0.3, -0.25) is 0 Å². The number of rotatable bonds is 6. The molecule has 1 aromatic heterocycles. The predicted molar refractivity (Wildman–Crippen MR) is 85.9 cm³/mol. The highest BCUT2D eigenvalue weighted by molar-refractivity contribution is 7.89. The van der Waals surface area contributed by atoms with E-state index in [1.165, 1.54) is 4.31 Å². The molecule has 6 nitrogen and oxygen atoms in total. The van der Waals surface area contributed by atoms with Crippen LogP contribution in [-0.4, -0.2) is 35.8 Å². The van der Waals surface area contributed by atoms with Crippen molar-refractivity contribution in [2.45, 2.75) is 31.3 Å². The van der Waals surface area contributed by atoms with Crippen LogP contribution >= 0.6 is 0 Å². The third-order valence-electron chi connectivity index (χ3n) is 3.34. The largest absolute Gasteiger partial charge is 0.350 e. The van der Waals surface area contributed by atoms with Gasteiger partial charge in [0.2, 0.25) is 16.0 Å². The molecule has 2 rings (SSSR count). The first-order valence-corrected chi connectivity index (χ1v) is 8.43. The van der Waals surface area contributed by atoms with Crippen molar-refractivity contribution in [2.75, 3.05) is 12.4 Å². The van der Waals surface area contributed by atoms with Crippen LogP contribution in [0.3, 0.4) is 0 Å². The molecule has 2 aromatic rings. The first-order valence-electron chi connectivity index (χ1n) is 6.99. The molecule has 0 radical (unpaired) electrons. The van der Waals surface area contributed by atoms with Gasteiger partial charge in [0.15, 0.2) is 0 Å². The Morgan fingerprint density at radius 1 is 1.14 bits per heavy atom. The van der Waals surface area contributed by atoms with Crippen LogP contribution in [0, 0.1) is 0 Å². The van der Waals surface area contributed by atoms with E-state index in [0.717, 1.165) is 5.56 Å². The number of hydrogen-bond donors (Lipinski definition) is 1. The van der Waals surface area contributed by atoms with Gasteiger partial charge in [0.05, 0.1) is 4.90 Å². The molecule has 0 aliphatic carbocycles. The summed E-state index contributed by atoms with van der Waals surface area (Å²) in [6.07, 6.45) is 3.32. The van der Waals surface area contributed by atoms with Gasteiger partial charge in [-0.25, -0.2) is 18.4 Å². The minimum atomic E-state index is -3.43. The Morgan fingerprint density at radius 3 is 2.27 bits per heavy atom. The van der Waals surface area contributed by atoms with Crippen molar-refractivity contribution >= 4 is 16.0 Å². The molecule has 0 aliphatic heterocycles. The van der Waals surface area contributed by atoms with Gasteiger partial charge in [-0.05, 0) is 37.6 Å². The van der Waals surface area contributed by atoms with Crippen LogP contribution in [0.5, 0.6) is 0 Å². The van der Waals surface area contributed by atoms with Crippen LogP contribution in [0.25, 0.3) is 0 Å². The maximum Gasteiger partial charge on any atom is 0.243 e. The molecule has 0 aliphatic rings. The Balaban J connectivity index is 2.07. The maximum atomic E-state index is 12.4. The number of aromatic nitrogens is 2. The molecular formula is C15H20N4O2S. The summed E-state index contributed by atoms with van der Waals surface area (Å²) in [5, 5.41) is 3.08. The molecule has 0 fully saturated rings. The molecule has 118 valence electrons. The average Bonchev–Trinajstić information content (AvgIpc) is 2.53. The van der Waals surface area contributed by atoms with Crippen LogP contribution in [0.4, 0.5) is 5.95 Å². The second-order valence-electron chi connectivity index (χ2n) is 5.18. The quantitative estimate of drug-likeness (QED) is 0.882. The molecule has 0 saturated heterocycles. The van der Waals surface area contributed by atoms with Crippen molar-refractivity contribution in [1.29, 1.82) is 0 Å². The minimum Gasteiger partial charge on any atom is -0.350 e. The lowest BCUT2D eigenvalue weighted by atomic mass is 10.2.